The van der Waals surface area contributed by atoms with Crippen LogP contribution >= 0.6 is 0 Å². The lowest BCUT2D eigenvalue weighted by molar-refractivity contribution is 0.104. The van der Waals surface area contributed by atoms with Gasteiger partial charge in [0.2, 0.25) is 0 Å². The first-order valence-electron chi connectivity index (χ1n) is 11.2. The van der Waals surface area contributed by atoms with Gasteiger partial charge in [0.15, 0.2) is 11.5 Å². The van der Waals surface area contributed by atoms with Crippen molar-refractivity contribution in [3.05, 3.63) is 77.4 Å². The van der Waals surface area contributed by atoms with Gasteiger partial charge in [-0.05, 0) is 48.1 Å². The standard InChI is InChI=1S/C26H24N2O4S/c1-16-6-8-19(9-7-16)33(30,31)32-26-23(28-14-17-12-27-13-18(17)15-28)11-10-21-20-4-2-3-5-22(20)25(29)24(21)26/h2-11,17-18,27H,12-15H2,1H3. The molecule has 7 heteroatoms. The second kappa shape index (κ2) is 7.43. The molecule has 2 fully saturated rings. The van der Waals surface area contributed by atoms with Crippen LogP contribution in [0.15, 0.2) is 65.6 Å². The summed E-state index contributed by atoms with van der Waals surface area (Å²) in [6.45, 7) is 5.41. The van der Waals surface area contributed by atoms with Crippen LogP contribution in [0.2, 0.25) is 0 Å². The van der Waals surface area contributed by atoms with Crippen molar-refractivity contribution in [2.45, 2.75) is 11.8 Å². The molecule has 2 aliphatic heterocycles. The highest BCUT2D eigenvalue weighted by atomic mass is 32.2. The highest BCUT2D eigenvalue weighted by Gasteiger charge is 2.40. The van der Waals surface area contributed by atoms with E-state index in [0.717, 1.165) is 42.9 Å². The van der Waals surface area contributed by atoms with Crippen molar-refractivity contribution in [3.63, 3.8) is 0 Å². The van der Waals surface area contributed by atoms with Crippen molar-refractivity contribution < 1.29 is 17.4 Å². The zero-order valence-electron chi connectivity index (χ0n) is 18.2. The molecule has 3 aromatic carbocycles. The SMILES string of the molecule is Cc1ccc(S(=O)(=O)Oc2c(N3CC4CNCC4C3)ccc3c2C(=O)c2ccccc2-3)cc1. The first kappa shape index (κ1) is 20.4. The van der Waals surface area contributed by atoms with E-state index in [-0.39, 0.29) is 16.4 Å². The van der Waals surface area contributed by atoms with E-state index in [0.29, 0.717) is 28.7 Å². The van der Waals surface area contributed by atoms with E-state index in [9.17, 15) is 13.2 Å². The molecular formula is C26H24N2O4S. The van der Waals surface area contributed by atoms with E-state index in [1.165, 1.54) is 12.1 Å². The number of aryl methyl sites for hydroxylation is 1. The Bertz CT molecular complexity index is 1370. The van der Waals surface area contributed by atoms with Gasteiger partial charge in [-0.2, -0.15) is 8.42 Å². The van der Waals surface area contributed by atoms with E-state index >= 15 is 0 Å². The lowest BCUT2D eigenvalue weighted by Gasteiger charge is -2.24. The van der Waals surface area contributed by atoms with Gasteiger partial charge in [-0.3, -0.25) is 4.79 Å². The van der Waals surface area contributed by atoms with E-state index < -0.39 is 10.1 Å². The van der Waals surface area contributed by atoms with Crippen LogP contribution in [0.25, 0.3) is 11.1 Å². The fourth-order valence-electron chi connectivity index (χ4n) is 5.32. The largest absolute Gasteiger partial charge is 0.376 e. The Balaban J connectivity index is 1.49. The van der Waals surface area contributed by atoms with Crippen LogP contribution in [-0.2, 0) is 10.1 Å². The molecule has 0 aromatic heterocycles. The Morgan fingerprint density at radius 3 is 2.24 bits per heavy atom. The molecule has 2 atom stereocenters. The monoisotopic (exact) mass is 460 g/mol. The van der Waals surface area contributed by atoms with Gasteiger partial charge in [0.25, 0.3) is 0 Å². The van der Waals surface area contributed by atoms with Gasteiger partial charge in [-0.1, -0.05) is 48.0 Å². The van der Waals surface area contributed by atoms with Crippen molar-refractivity contribution >= 4 is 21.6 Å². The quantitative estimate of drug-likeness (QED) is 0.469. The third-order valence-corrected chi connectivity index (χ3v) is 8.29. The summed E-state index contributed by atoms with van der Waals surface area (Å²) in [6.07, 6.45) is 0. The van der Waals surface area contributed by atoms with Crippen LogP contribution in [0.3, 0.4) is 0 Å². The highest BCUT2D eigenvalue weighted by molar-refractivity contribution is 7.87. The number of benzene rings is 3. The fraction of sp³-hybridized carbons (Fsp3) is 0.269. The smallest absolute Gasteiger partial charge is 0.339 e. The second-order valence-corrected chi connectivity index (χ2v) is 10.7. The average molecular weight is 461 g/mol. The van der Waals surface area contributed by atoms with Crippen LogP contribution in [0.5, 0.6) is 5.75 Å². The van der Waals surface area contributed by atoms with Gasteiger partial charge < -0.3 is 14.4 Å². The average Bonchev–Trinajstić information content (AvgIpc) is 3.48. The lowest BCUT2D eigenvalue weighted by atomic mass is 10.0. The third kappa shape index (κ3) is 3.26. The number of hydrogen-bond donors (Lipinski definition) is 1. The summed E-state index contributed by atoms with van der Waals surface area (Å²) in [5.74, 6) is 0.959. The molecule has 0 radical (unpaired) electrons. The van der Waals surface area contributed by atoms with Gasteiger partial charge in [-0.15, -0.1) is 0 Å². The molecular weight excluding hydrogens is 436 g/mol. The van der Waals surface area contributed by atoms with Crippen molar-refractivity contribution in [1.82, 2.24) is 5.32 Å². The fourth-order valence-corrected chi connectivity index (χ4v) is 6.27. The van der Waals surface area contributed by atoms with Crippen LogP contribution in [0, 0.1) is 18.8 Å². The van der Waals surface area contributed by atoms with Crippen molar-refractivity contribution in [2.24, 2.45) is 11.8 Å². The number of carbonyl (C=O) groups excluding carboxylic acids is 1. The molecule has 168 valence electrons. The minimum Gasteiger partial charge on any atom is -0.376 e. The Morgan fingerprint density at radius 1 is 0.879 bits per heavy atom. The molecule has 0 bridgehead atoms. The molecule has 0 spiro atoms. The third-order valence-electron chi connectivity index (χ3n) is 7.06. The number of fused-ring (bicyclic) bond motifs is 4. The first-order chi connectivity index (χ1) is 15.9. The van der Waals surface area contributed by atoms with Crippen molar-refractivity contribution in [1.29, 1.82) is 0 Å². The number of nitrogens with one attached hydrogen (secondary N) is 1. The maximum Gasteiger partial charge on any atom is 0.339 e. The molecule has 3 aliphatic rings. The summed E-state index contributed by atoms with van der Waals surface area (Å²) in [6, 6.07) is 17.8. The molecule has 3 aromatic rings. The summed E-state index contributed by atoms with van der Waals surface area (Å²) in [5, 5.41) is 3.43. The Morgan fingerprint density at radius 2 is 1.55 bits per heavy atom. The molecule has 0 saturated carbocycles. The predicted molar refractivity (Wildman–Crippen MR) is 126 cm³/mol. The van der Waals surface area contributed by atoms with Gasteiger partial charge in [0.05, 0.1) is 11.3 Å². The number of anilines is 1. The first-order valence-corrected chi connectivity index (χ1v) is 12.6. The summed E-state index contributed by atoms with van der Waals surface area (Å²) in [4.78, 5) is 15.7. The Hall–Kier alpha value is -3.16. The molecule has 1 aliphatic carbocycles. The number of nitrogens with zero attached hydrogens (tertiary/aromatic N) is 1. The molecule has 2 heterocycles. The van der Waals surface area contributed by atoms with Gasteiger partial charge in [-0.25, -0.2) is 0 Å². The summed E-state index contributed by atoms with van der Waals surface area (Å²) in [5.41, 5.74) is 4.06. The van der Waals surface area contributed by atoms with Crippen LogP contribution in [0.4, 0.5) is 5.69 Å². The van der Waals surface area contributed by atoms with Gasteiger partial charge in [0.1, 0.15) is 4.90 Å². The number of hydrogen-bond acceptors (Lipinski definition) is 6. The number of ketones is 1. The minimum absolute atomic E-state index is 0.0714. The number of carbonyl (C=O) groups is 1. The van der Waals surface area contributed by atoms with E-state index in [2.05, 4.69) is 10.2 Å². The molecule has 33 heavy (non-hydrogen) atoms. The van der Waals surface area contributed by atoms with E-state index in [1.54, 1.807) is 18.2 Å². The van der Waals surface area contributed by atoms with Crippen LogP contribution in [-0.4, -0.2) is 40.4 Å². The van der Waals surface area contributed by atoms with Crippen molar-refractivity contribution in [3.8, 4) is 16.9 Å². The topological polar surface area (TPSA) is 75.7 Å². The van der Waals surface area contributed by atoms with Crippen LogP contribution in [0.1, 0.15) is 21.5 Å². The minimum atomic E-state index is -4.12. The maximum absolute atomic E-state index is 13.4. The second-order valence-electron chi connectivity index (χ2n) is 9.14. The zero-order valence-corrected chi connectivity index (χ0v) is 19.1. The lowest BCUT2D eigenvalue weighted by Crippen LogP contribution is -2.26. The number of rotatable bonds is 4. The molecule has 2 unspecified atom stereocenters. The molecule has 2 saturated heterocycles. The predicted octanol–water partition coefficient (Wildman–Crippen LogP) is 3.63. The van der Waals surface area contributed by atoms with Gasteiger partial charge in [0, 0.05) is 31.7 Å². The van der Waals surface area contributed by atoms with E-state index in [1.807, 2.05) is 37.3 Å². The van der Waals surface area contributed by atoms with Crippen molar-refractivity contribution in [2.75, 3.05) is 31.1 Å². The maximum atomic E-state index is 13.4. The molecule has 1 N–H and O–H groups in total. The zero-order chi connectivity index (χ0) is 22.7. The summed E-state index contributed by atoms with van der Waals surface area (Å²) in [7, 11) is -4.12. The summed E-state index contributed by atoms with van der Waals surface area (Å²) >= 11 is 0. The molecule has 6 rings (SSSR count). The normalized spacial score (nSPS) is 21.1. The van der Waals surface area contributed by atoms with E-state index in [4.69, 9.17) is 4.18 Å². The Kier molecular flexibility index (Phi) is 4.61. The highest BCUT2D eigenvalue weighted by Crippen LogP contribution is 2.47. The summed E-state index contributed by atoms with van der Waals surface area (Å²) < 4.78 is 32.4. The molecule has 0 amide bonds. The van der Waals surface area contributed by atoms with Gasteiger partial charge >= 0.3 is 10.1 Å². The Labute approximate surface area is 193 Å². The van der Waals surface area contributed by atoms with Crippen LogP contribution < -0.4 is 14.4 Å². The molecule has 6 nitrogen and oxygen atoms in total.